The van der Waals surface area contributed by atoms with Crippen LogP contribution in [-0.4, -0.2) is 55.2 Å². The maximum absolute atomic E-state index is 11.3. The van der Waals surface area contributed by atoms with Gasteiger partial charge >= 0.3 is 6.03 Å². The van der Waals surface area contributed by atoms with Crippen LogP contribution in [0.2, 0.25) is 0 Å². The lowest BCUT2D eigenvalue weighted by molar-refractivity contribution is -0.125. The first-order valence-electron chi connectivity index (χ1n) is 5.18. The lowest BCUT2D eigenvalue weighted by Gasteiger charge is -2.36. The third-order valence-corrected chi connectivity index (χ3v) is 2.51. The molecule has 0 bridgehead atoms. The van der Waals surface area contributed by atoms with Gasteiger partial charge in [-0.25, -0.2) is 4.79 Å². The zero-order valence-corrected chi connectivity index (χ0v) is 9.31. The van der Waals surface area contributed by atoms with Crippen LogP contribution in [0.3, 0.4) is 0 Å². The Bertz CT molecular complexity index is 271. The van der Waals surface area contributed by atoms with E-state index in [0.717, 1.165) is 0 Å². The smallest absolute Gasteiger partial charge is 0.318 e. The van der Waals surface area contributed by atoms with Gasteiger partial charge in [-0.3, -0.25) is 15.0 Å². The topological polar surface area (TPSA) is 111 Å². The molecule has 0 aromatic carbocycles. The Labute approximate surface area is 94.1 Å². The van der Waals surface area contributed by atoms with Gasteiger partial charge in [-0.05, 0) is 6.92 Å². The molecule has 7 nitrogen and oxygen atoms in total. The maximum Gasteiger partial charge on any atom is 0.318 e. The minimum absolute atomic E-state index is 0.0578. The quantitative estimate of drug-likeness (QED) is 0.531. The van der Waals surface area contributed by atoms with Crippen molar-refractivity contribution in [2.45, 2.75) is 19.1 Å². The van der Waals surface area contributed by atoms with E-state index in [2.05, 4.69) is 0 Å². The fraction of sp³-hybridized carbons (Fsp3) is 0.778. The number of carbonyl (C=O) groups is 2. The number of hydrogen-bond acceptors (Lipinski definition) is 5. The molecular weight excluding hydrogens is 212 g/mol. The highest BCUT2D eigenvalue weighted by Gasteiger charge is 2.26. The van der Waals surface area contributed by atoms with E-state index in [1.54, 1.807) is 0 Å². The second-order valence-electron chi connectivity index (χ2n) is 3.88. The second-order valence-corrected chi connectivity index (χ2v) is 3.88. The Hall–Kier alpha value is -1.18. The van der Waals surface area contributed by atoms with Gasteiger partial charge in [-0.15, -0.1) is 0 Å². The lowest BCUT2D eigenvalue weighted by Crippen LogP contribution is -2.54. The highest BCUT2D eigenvalue weighted by molar-refractivity contribution is 5.94. The standard InChI is InChI=1S/C9H18N4O3/c1-6-5-16-7(2-10)3-13(6)4-8(14)12-9(11)15/h6-7H,2-5,10H2,1H3,(H3,11,12,14,15). The van der Waals surface area contributed by atoms with E-state index in [9.17, 15) is 9.59 Å². The molecule has 1 heterocycles. The van der Waals surface area contributed by atoms with Gasteiger partial charge in [0.25, 0.3) is 0 Å². The number of hydrogen-bond donors (Lipinski definition) is 3. The number of nitrogens with zero attached hydrogens (tertiary/aromatic N) is 1. The van der Waals surface area contributed by atoms with Gasteiger partial charge in [0, 0.05) is 19.1 Å². The number of nitrogens with one attached hydrogen (secondary N) is 1. The zero-order chi connectivity index (χ0) is 12.1. The second kappa shape index (κ2) is 5.78. The molecule has 1 saturated heterocycles. The zero-order valence-electron chi connectivity index (χ0n) is 9.31. The van der Waals surface area contributed by atoms with Crippen LogP contribution in [0.4, 0.5) is 4.79 Å². The summed E-state index contributed by atoms with van der Waals surface area (Å²) >= 11 is 0. The van der Waals surface area contributed by atoms with E-state index in [1.165, 1.54) is 0 Å². The van der Waals surface area contributed by atoms with E-state index in [1.807, 2.05) is 17.1 Å². The maximum atomic E-state index is 11.3. The van der Waals surface area contributed by atoms with Crippen molar-refractivity contribution < 1.29 is 14.3 Å². The van der Waals surface area contributed by atoms with Crippen molar-refractivity contribution in [2.75, 3.05) is 26.2 Å². The van der Waals surface area contributed by atoms with Crippen LogP contribution in [0.1, 0.15) is 6.92 Å². The van der Waals surface area contributed by atoms with Gasteiger partial charge in [0.2, 0.25) is 5.91 Å². The van der Waals surface area contributed by atoms with Crippen molar-refractivity contribution in [1.29, 1.82) is 0 Å². The minimum Gasteiger partial charge on any atom is -0.374 e. The summed E-state index contributed by atoms with van der Waals surface area (Å²) in [4.78, 5) is 23.7. The summed E-state index contributed by atoms with van der Waals surface area (Å²) < 4.78 is 5.44. The van der Waals surface area contributed by atoms with E-state index in [0.29, 0.717) is 19.7 Å². The molecule has 3 amide bonds. The fourth-order valence-corrected chi connectivity index (χ4v) is 1.60. The lowest BCUT2D eigenvalue weighted by atomic mass is 10.2. The number of ether oxygens (including phenoxy) is 1. The van der Waals surface area contributed by atoms with Crippen molar-refractivity contribution in [3.8, 4) is 0 Å². The summed E-state index contributed by atoms with van der Waals surface area (Å²) in [6.45, 7) is 3.62. The minimum atomic E-state index is -0.832. The molecule has 92 valence electrons. The Kier molecular flexibility index (Phi) is 4.66. The summed E-state index contributed by atoms with van der Waals surface area (Å²) in [5, 5.41) is 2.03. The van der Waals surface area contributed by atoms with E-state index in [-0.39, 0.29) is 18.7 Å². The van der Waals surface area contributed by atoms with Crippen LogP contribution >= 0.6 is 0 Å². The summed E-state index contributed by atoms with van der Waals surface area (Å²) in [6, 6.07) is -0.706. The summed E-state index contributed by atoms with van der Waals surface area (Å²) in [5.41, 5.74) is 10.3. The molecule has 5 N–H and O–H groups in total. The van der Waals surface area contributed by atoms with E-state index >= 15 is 0 Å². The molecule has 7 heteroatoms. The van der Waals surface area contributed by atoms with E-state index < -0.39 is 11.9 Å². The van der Waals surface area contributed by atoms with E-state index in [4.69, 9.17) is 16.2 Å². The van der Waals surface area contributed by atoms with Crippen molar-refractivity contribution in [2.24, 2.45) is 11.5 Å². The molecule has 0 aromatic heterocycles. The molecular formula is C9H18N4O3. The molecule has 1 fully saturated rings. The number of primary amides is 1. The number of imide groups is 1. The van der Waals surface area contributed by atoms with Crippen LogP contribution in [0.25, 0.3) is 0 Å². The van der Waals surface area contributed by atoms with Crippen molar-refractivity contribution >= 4 is 11.9 Å². The van der Waals surface area contributed by atoms with Crippen LogP contribution in [0.15, 0.2) is 0 Å². The highest BCUT2D eigenvalue weighted by atomic mass is 16.5. The fourth-order valence-electron chi connectivity index (χ4n) is 1.60. The Morgan fingerprint density at radius 3 is 2.81 bits per heavy atom. The average Bonchev–Trinajstić information content (AvgIpc) is 2.20. The monoisotopic (exact) mass is 230 g/mol. The van der Waals surface area contributed by atoms with Crippen molar-refractivity contribution in [3.63, 3.8) is 0 Å². The Morgan fingerprint density at radius 1 is 1.56 bits per heavy atom. The summed E-state index contributed by atoms with van der Waals surface area (Å²) in [6.07, 6.45) is -0.0578. The van der Waals surface area contributed by atoms with Crippen LogP contribution < -0.4 is 16.8 Å². The largest absolute Gasteiger partial charge is 0.374 e. The third-order valence-electron chi connectivity index (χ3n) is 2.51. The molecule has 16 heavy (non-hydrogen) atoms. The van der Waals surface area contributed by atoms with Crippen molar-refractivity contribution in [3.05, 3.63) is 0 Å². The van der Waals surface area contributed by atoms with Gasteiger partial charge in [0.15, 0.2) is 0 Å². The highest BCUT2D eigenvalue weighted by Crippen LogP contribution is 2.10. The summed E-state index contributed by atoms with van der Waals surface area (Å²) in [5.74, 6) is -0.406. The Morgan fingerprint density at radius 2 is 2.25 bits per heavy atom. The number of nitrogens with two attached hydrogens (primary N) is 2. The predicted molar refractivity (Wildman–Crippen MR) is 57.6 cm³/mol. The molecule has 0 aliphatic carbocycles. The van der Waals surface area contributed by atoms with Crippen molar-refractivity contribution in [1.82, 2.24) is 10.2 Å². The summed E-state index contributed by atoms with van der Waals surface area (Å²) in [7, 11) is 0. The van der Waals surface area contributed by atoms with Crippen LogP contribution in [0, 0.1) is 0 Å². The molecule has 2 atom stereocenters. The Balaban J connectivity index is 2.44. The molecule has 1 aliphatic rings. The number of morpholine rings is 1. The number of urea groups is 1. The molecule has 0 saturated carbocycles. The van der Waals surface area contributed by atoms with Gasteiger partial charge in [0.05, 0.1) is 19.3 Å². The molecule has 0 radical (unpaired) electrons. The average molecular weight is 230 g/mol. The first kappa shape index (κ1) is 12.9. The SMILES string of the molecule is CC1COC(CN)CN1CC(=O)NC(N)=O. The molecule has 0 aromatic rings. The number of carbonyl (C=O) groups excluding carboxylic acids is 2. The first-order valence-corrected chi connectivity index (χ1v) is 5.18. The number of amides is 3. The van der Waals surface area contributed by atoms with Gasteiger partial charge in [-0.1, -0.05) is 0 Å². The van der Waals surface area contributed by atoms with Crippen LogP contribution in [0.5, 0.6) is 0 Å². The number of rotatable bonds is 3. The molecule has 0 spiro atoms. The van der Waals surface area contributed by atoms with Crippen LogP contribution in [-0.2, 0) is 9.53 Å². The normalized spacial score (nSPS) is 26.4. The molecule has 2 unspecified atom stereocenters. The molecule has 1 aliphatic heterocycles. The van der Waals surface area contributed by atoms with Gasteiger partial charge in [0.1, 0.15) is 0 Å². The first-order chi connectivity index (χ1) is 7.52. The van der Waals surface area contributed by atoms with Gasteiger partial charge < -0.3 is 16.2 Å². The third kappa shape index (κ3) is 3.76. The predicted octanol–water partition coefficient (Wildman–Crippen LogP) is -1.77. The molecule has 1 rings (SSSR count). The van der Waals surface area contributed by atoms with Gasteiger partial charge in [-0.2, -0.15) is 0 Å².